The summed E-state index contributed by atoms with van der Waals surface area (Å²) >= 11 is 0. The minimum atomic E-state index is 0.0837. The topological polar surface area (TPSA) is 56.1 Å². The van der Waals surface area contributed by atoms with Gasteiger partial charge in [-0.2, -0.15) is 0 Å². The molecule has 6 heteroatoms. The van der Waals surface area contributed by atoms with Crippen LogP contribution in [0.1, 0.15) is 15.9 Å². The van der Waals surface area contributed by atoms with Gasteiger partial charge in [0.2, 0.25) is 0 Å². The summed E-state index contributed by atoms with van der Waals surface area (Å²) in [5.74, 6) is 1.64. The highest BCUT2D eigenvalue weighted by Crippen LogP contribution is 2.30. The summed E-state index contributed by atoms with van der Waals surface area (Å²) in [5, 5.41) is 0. The van der Waals surface area contributed by atoms with Gasteiger partial charge in [-0.1, -0.05) is 6.07 Å². The lowest BCUT2D eigenvalue weighted by atomic mass is 10.1. The van der Waals surface area contributed by atoms with Gasteiger partial charge in [0.1, 0.15) is 6.54 Å². The van der Waals surface area contributed by atoms with E-state index in [1.165, 1.54) is 4.90 Å². The molecule has 2 heterocycles. The normalized spacial score (nSPS) is 15.0. The van der Waals surface area contributed by atoms with Crippen LogP contribution in [0.25, 0.3) is 0 Å². The third-order valence-corrected chi connectivity index (χ3v) is 4.61. The maximum atomic E-state index is 12.5. The summed E-state index contributed by atoms with van der Waals surface area (Å²) in [5.41, 5.74) is 1.83. The second-order valence-corrected chi connectivity index (χ2v) is 6.11. The van der Waals surface area contributed by atoms with Crippen LogP contribution in [-0.4, -0.2) is 56.2 Å². The van der Waals surface area contributed by atoms with Crippen molar-refractivity contribution in [1.82, 2.24) is 9.88 Å². The van der Waals surface area contributed by atoms with E-state index in [4.69, 9.17) is 9.47 Å². The average molecular weight is 342 g/mol. The molecule has 0 saturated carbocycles. The highest BCUT2D eigenvalue weighted by atomic mass is 16.5. The zero-order valence-corrected chi connectivity index (χ0v) is 14.7. The molecule has 1 aromatic carbocycles. The van der Waals surface area contributed by atoms with Gasteiger partial charge in [0, 0.05) is 18.0 Å². The Morgan fingerprint density at radius 3 is 2.48 bits per heavy atom. The number of hydrogen-bond donors (Lipinski definition) is 1. The van der Waals surface area contributed by atoms with Crippen LogP contribution in [0, 0.1) is 0 Å². The highest BCUT2D eigenvalue weighted by Gasteiger charge is 2.25. The summed E-state index contributed by atoms with van der Waals surface area (Å²) in [4.78, 5) is 19.8. The maximum Gasteiger partial charge on any atom is 0.254 e. The number of para-hydroxylation sites is 1. The molecule has 25 heavy (non-hydrogen) atoms. The summed E-state index contributed by atoms with van der Waals surface area (Å²) in [7, 11) is 3.32. The lowest BCUT2D eigenvalue weighted by Gasteiger charge is -2.32. The van der Waals surface area contributed by atoms with Gasteiger partial charge in [-0.3, -0.25) is 9.78 Å². The molecule has 0 unspecified atom stereocenters. The third kappa shape index (κ3) is 3.91. The molecule has 0 aliphatic carbocycles. The number of ether oxygens (including phenoxy) is 2. The molecule has 0 spiro atoms. The van der Waals surface area contributed by atoms with Gasteiger partial charge in [0.15, 0.2) is 11.5 Å². The molecular formula is C19H24N3O3+. The van der Waals surface area contributed by atoms with Crippen molar-refractivity contribution < 1.29 is 19.2 Å². The van der Waals surface area contributed by atoms with Crippen molar-refractivity contribution in [2.75, 3.05) is 40.4 Å². The number of quaternary nitrogens is 1. The standard InChI is InChI=1S/C19H23N3O3/c1-24-17-5-3-4-16(18(17)25-2)14-21-10-12-22(13-11-21)19(23)15-6-8-20-9-7-15/h3-9H,10-14H2,1-2H3/p+1. The Balaban J connectivity index is 1.61. The molecule has 1 aliphatic rings. The van der Waals surface area contributed by atoms with Crippen LogP contribution < -0.4 is 14.4 Å². The fourth-order valence-corrected chi connectivity index (χ4v) is 3.24. The first kappa shape index (κ1) is 17.2. The van der Waals surface area contributed by atoms with Crippen LogP contribution in [0.15, 0.2) is 42.7 Å². The lowest BCUT2D eigenvalue weighted by molar-refractivity contribution is -0.917. The second-order valence-electron chi connectivity index (χ2n) is 6.11. The fourth-order valence-electron chi connectivity index (χ4n) is 3.24. The number of methoxy groups -OCH3 is 2. The molecule has 1 saturated heterocycles. The van der Waals surface area contributed by atoms with Gasteiger partial charge in [-0.15, -0.1) is 0 Å². The average Bonchev–Trinajstić information content (AvgIpc) is 2.68. The summed E-state index contributed by atoms with van der Waals surface area (Å²) in [6.45, 7) is 4.19. The van der Waals surface area contributed by atoms with Gasteiger partial charge >= 0.3 is 0 Å². The minimum absolute atomic E-state index is 0.0837. The molecule has 0 atom stereocenters. The Bertz CT molecular complexity index is 713. The van der Waals surface area contributed by atoms with E-state index in [2.05, 4.69) is 11.1 Å². The first-order valence-electron chi connectivity index (χ1n) is 8.45. The van der Waals surface area contributed by atoms with E-state index in [1.807, 2.05) is 17.0 Å². The zero-order valence-electron chi connectivity index (χ0n) is 14.7. The first-order chi connectivity index (χ1) is 12.2. The number of aromatic nitrogens is 1. The van der Waals surface area contributed by atoms with E-state index in [0.717, 1.165) is 49.8 Å². The fraction of sp³-hybridized carbons (Fsp3) is 0.368. The van der Waals surface area contributed by atoms with Crippen molar-refractivity contribution in [2.24, 2.45) is 0 Å². The summed E-state index contributed by atoms with van der Waals surface area (Å²) < 4.78 is 10.9. The number of hydrogen-bond acceptors (Lipinski definition) is 4. The predicted octanol–water partition coefficient (Wildman–Crippen LogP) is 0.640. The molecule has 1 N–H and O–H groups in total. The molecule has 132 valence electrons. The number of piperazine rings is 1. The van der Waals surface area contributed by atoms with E-state index in [9.17, 15) is 4.79 Å². The Kier molecular flexibility index (Phi) is 5.50. The third-order valence-electron chi connectivity index (χ3n) is 4.61. The number of carbonyl (C=O) groups excluding carboxylic acids is 1. The van der Waals surface area contributed by atoms with Gasteiger partial charge in [0.05, 0.1) is 46.0 Å². The van der Waals surface area contributed by atoms with E-state index in [1.54, 1.807) is 38.7 Å². The van der Waals surface area contributed by atoms with E-state index < -0.39 is 0 Å². The number of carbonyl (C=O) groups is 1. The molecule has 0 bridgehead atoms. The van der Waals surface area contributed by atoms with Gasteiger partial charge in [-0.05, 0) is 24.3 Å². The van der Waals surface area contributed by atoms with Crippen molar-refractivity contribution in [2.45, 2.75) is 6.54 Å². The Morgan fingerprint density at radius 1 is 1.12 bits per heavy atom. The van der Waals surface area contributed by atoms with Crippen LogP contribution in [0.3, 0.4) is 0 Å². The SMILES string of the molecule is COc1cccc(C[NH+]2CCN(C(=O)c3ccncc3)CC2)c1OC. The number of nitrogens with one attached hydrogen (secondary N) is 1. The van der Waals surface area contributed by atoms with Crippen molar-refractivity contribution in [1.29, 1.82) is 0 Å². The van der Waals surface area contributed by atoms with Crippen LogP contribution in [0.4, 0.5) is 0 Å². The predicted molar refractivity (Wildman–Crippen MR) is 94.1 cm³/mol. The largest absolute Gasteiger partial charge is 0.493 e. The van der Waals surface area contributed by atoms with E-state index in [0.29, 0.717) is 5.56 Å². The Morgan fingerprint density at radius 2 is 1.84 bits per heavy atom. The quantitative estimate of drug-likeness (QED) is 0.866. The monoisotopic (exact) mass is 342 g/mol. The molecule has 1 aliphatic heterocycles. The molecule has 0 radical (unpaired) electrons. The van der Waals surface area contributed by atoms with Gasteiger partial charge in [0.25, 0.3) is 5.91 Å². The number of nitrogens with zero attached hydrogens (tertiary/aromatic N) is 2. The number of benzene rings is 1. The van der Waals surface area contributed by atoms with E-state index >= 15 is 0 Å². The van der Waals surface area contributed by atoms with Crippen LogP contribution in [0.5, 0.6) is 11.5 Å². The van der Waals surface area contributed by atoms with Crippen molar-refractivity contribution in [3.63, 3.8) is 0 Å². The maximum absolute atomic E-state index is 12.5. The highest BCUT2D eigenvalue weighted by molar-refractivity contribution is 5.94. The molecule has 6 nitrogen and oxygen atoms in total. The van der Waals surface area contributed by atoms with Crippen molar-refractivity contribution >= 4 is 5.91 Å². The number of amides is 1. The van der Waals surface area contributed by atoms with Gasteiger partial charge in [-0.25, -0.2) is 0 Å². The smallest absolute Gasteiger partial charge is 0.254 e. The van der Waals surface area contributed by atoms with Crippen molar-refractivity contribution in [3.05, 3.63) is 53.9 Å². The first-order valence-corrected chi connectivity index (χ1v) is 8.45. The Labute approximate surface area is 148 Å². The molecule has 3 rings (SSSR count). The van der Waals surface area contributed by atoms with Crippen LogP contribution >= 0.6 is 0 Å². The van der Waals surface area contributed by atoms with Gasteiger partial charge < -0.3 is 19.3 Å². The minimum Gasteiger partial charge on any atom is -0.493 e. The van der Waals surface area contributed by atoms with Crippen LogP contribution in [-0.2, 0) is 6.54 Å². The second kappa shape index (κ2) is 7.98. The van der Waals surface area contributed by atoms with E-state index in [-0.39, 0.29) is 5.91 Å². The molecular weight excluding hydrogens is 318 g/mol. The molecule has 1 amide bonds. The number of pyridine rings is 1. The summed E-state index contributed by atoms with van der Waals surface area (Å²) in [6.07, 6.45) is 3.31. The Hall–Kier alpha value is -2.60. The number of rotatable bonds is 5. The zero-order chi connectivity index (χ0) is 17.6. The lowest BCUT2D eigenvalue weighted by Crippen LogP contribution is -3.13. The van der Waals surface area contributed by atoms with Crippen molar-refractivity contribution in [3.8, 4) is 11.5 Å². The molecule has 1 fully saturated rings. The molecule has 2 aromatic rings. The molecule has 1 aromatic heterocycles. The van der Waals surface area contributed by atoms with Crippen LogP contribution in [0.2, 0.25) is 0 Å². The summed E-state index contributed by atoms with van der Waals surface area (Å²) in [6, 6.07) is 9.50.